The third-order valence-electron chi connectivity index (χ3n) is 7.42. The Morgan fingerprint density at radius 2 is 1.97 bits per heavy atom. The van der Waals surface area contributed by atoms with Gasteiger partial charge in [-0.2, -0.15) is 0 Å². The van der Waals surface area contributed by atoms with Crippen LogP contribution in [0.25, 0.3) is 11.0 Å². The molecule has 2 saturated heterocycles. The SMILES string of the molecule is COCCN(Cc1c(O)ccc2c(C)c(C)c(=O)oc12)CC1CCCN2CCCCC12. The van der Waals surface area contributed by atoms with Crippen molar-refractivity contribution in [3.05, 3.63) is 39.2 Å². The zero-order valence-electron chi connectivity index (χ0n) is 19.2. The number of phenolic OH excluding ortho intramolecular Hbond substituents is 1. The summed E-state index contributed by atoms with van der Waals surface area (Å²) >= 11 is 0. The van der Waals surface area contributed by atoms with Gasteiger partial charge in [0, 0.05) is 43.7 Å². The first-order valence-electron chi connectivity index (χ1n) is 11.7. The van der Waals surface area contributed by atoms with Crippen LogP contribution in [0.3, 0.4) is 0 Å². The zero-order valence-corrected chi connectivity index (χ0v) is 19.2. The smallest absolute Gasteiger partial charge is 0.339 e. The van der Waals surface area contributed by atoms with E-state index in [1.807, 2.05) is 13.0 Å². The summed E-state index contributed by atoms with van der Waals surface area (Å²) in [5, 5.41) is 11.6. The quantitative estimate of drug-likeness (QED) is 0.676. The highest BCUT2D eigenvalue weighted by molar-refractivity contribution is 5.85. The molecule has 0 saturated carbocycles. The van der Waals surface area contributed by atoms with Gasteiger partial charge in [-0.15, -0.1) is 0 Å². The second-order valence-corrected chi connectivity index (χ2v) is 9.31. The highest BCUT2D eigenvalue weighted by Gasteiger charge is 2.34. The van der Waals surface area contributed by atoms with E-state index in [1.165, 1.54) is 45.2 Å². The summed E-state index contributed by atoms with van der Waals surface area (Å²) in [4.78, 5) is 17.4. The van der Waals surface area contributed by atoms with Crippen LogP contribution >= 0.6 is 0 Å². The van der Waals surface area contributed by atoms with Gasteiger partial charge in [0.15, 0.2) is 0 Å². The molecule has 3 heterocycles. The first-order valence-corrected chi connectivity index (χ1v) is 11.7. The minimum absolute atomic E-state index is 0.184. The van der Waals surface area contributed by atoms with E-state index in [1.54, 1.807) is 20.1 Å². The summed E-state index contributed by atoms with van der Waals surface area (Å²) in [6, 6.07) is 4.23. The molecule has 2 unspecified atom stereocenters. The second-order valence-electron chi connectivity index (χ2n) is 9.31. The number of aryl methyl sites for hydroxylation is 1. The molecule has 0 bridgehead atoms. The van der Waals surface area contributed by atoms with Gasteiger partial charge in [-0.25, -0.2) is 4.79 Å². The molecule has 1 aromatic heterocycles. The van der Waals surface area contributed by atoms with Gasteiger partial charge in [-0.05, 0) is 76.2 Å². The van der Waals surface area contributed by atoms with Crippen LogP contribution in [0, 0.1) is 19.8 Å². The van der Waals surface area contributed by atoms with Crippen molar-refractivity contribution >= 4 is 11.0 Å². The Hall–Kier alpha value is -1.89. The van der Waals surface area contributed by atoms with Gasteiger partial charge >= 0.3 is 5.63 Å². The first-order chi connectivity index (χ1) is 15.0. The Kier molecular flexibility index (Phi) is 6.99. The van der Waals surface area contributed by atoms with E-state index >= 15 is 0 Å². The number of benzene rings is 1. The van der Waals surface area contributed by atoms with Crippen molar-refractivity contribution in [3.63, 3.8) is 0 Å². The molecule has 0 spiro atoms. The maximum Gasteiger partial charge on any atom is 0.339 e. The van der Waals surface area contributed by atoms with Crippen molar-refractivity contribution in [2.24, 2.45) is 5.92 Å². The monoisotopic (exact) mass is 428 g/mol. The van der Waals surface area contributed by atoms with Gasteiger partial charge in [0.25, 0.3) is 0 Å². The minimum Gasteiger partial charge on any atom is -0.507 e. The van der Waals surface area contributed by atoms with Crippen LogP contribution in [0.15, 0.2) is 21.3 Å². The van der Waals surface area contributed by atoms with E-state index in [-0.39, 0.29) is 11.4 Å². The van der Waals surface area contributed by atoms with Crippen molar-refractivity contribution in [2.45, 2.75) is 58.5 Å². The lowest BCUT2D eigenvalue weighted by molar-refractivity contribution is 0.0335. The number of rotatable bonds is 7. The highest BCUT2D eigenvalue weighted by Crippen LogP contribution is 2.34. The van der Waals surface area contributed by atoms with Crippen molar-refractivity contribution in [3.8, 4) is 5.75 Å². The number of aromatic hydroxyl groups is 1. The molecule has 31 heavy (non-hydrogen) atoms. The highest BCUT2D eigenvalue weighted by atomic mass is 16.5. The van der Waals surface area contributed by atoms with Crippen LogP contribution in [0.5, 0.6) is 5.75 Å². The van der Waals surface area contributed by atoms with Crippen molar-refractivity contribution in [1.29, 1.82) is 0 Å². The Balaban J connectivity index is 1.63. The van der Waals surface area contributed by atoms with Crippen LogP contribution in [0.2, 0.25) is 0 Å². The topological polar surface area (TPSA) is 66.2 Å². The van der Waals surface area contributed by atoms with E-state index < -0.39 is 0 Å². The third-order valence-corrected chi connectivity index (χ3v) is 7.42. The number of phenols is 1. The average Bonchev–Trinajstić information content (AvgIpc) is 2.78. The van der Waals surface area contributed by atoms with Gasteiger partial charge in [0.2, 0.25) is 0 Å². The summed E-state index contributed by atoms with van der Waals surface area (Å²) in [7, 11) is 1.72. The maximum atomic E-state index is 12.4. The molecule has 0 aliphatic carbocycles. The maximum absolute atomic E-state index is 12.4. The molecule has 2 atom stereocenters. The molecular formula is C25H36N2O4. The van der Waals surface area contributed by atoms with Crippen LogP contribution in [0.4, 0.5) is 0 Å². The Morgan fingerprint density at radius 1 is 1.16 bits per heavy atom. The second kappa shape index (κ2) is 9.72. The molecule has 4 rings (SSSR count). The molecule has 2 aromatic rings. The van der Waals surface area contributed by atoms with Gasteiger partial charge < -0.3 is 19.2 Å². The lowest BCUT2D eigenvalue weighted by atomic mass is 9.83. The van der Waals surface area contributed by atoms with E-state index in [0.29, 0.717) is 41.8 Å². The van der Waals surface area contributed by atoms with E-state index in [2.05, 4.69) is 9.80 Å². The number of ether oxygens (including phenoxy) is 1. The molecule has 1 aromatic carbocycles. The van der Waals surface area contributed by atoms with Crippen LogP contribution < -0.4 is 5.63 Å². The average molecular weight is 429 g/mol. The first kappa shape index (κ1) is 22.3. The molecule has 0 radical (unpaired) electrons. The number of piperidine rings is 2. The lowest BCUT2D eigenvalue weighted by Gasteiger charge is -2.45. The minimum atomic E-state index is -0.328. The van der Waals surface area contributed by atoms with Crippen LogP contribution in [-0.2, 0) is 11.3 Å². The number of methoxy groups -OCH3 is 1. The number of hydrogen-bond donors (Lipinski definition) is 1. The standard InChI is InChI=1S/C25H36N2O4/c1-17-18(2)25(29)31-24-20(17)9-10-23(28)21(24)16-26(13-14-30-3)15-19-7-6-12-27-11-5-4-8-22(19)27/h9-10,19,22,28H,4-8,11-16H2,1-3H3. The molecule has 2 fully saturated rings. The summed E-state index contributed by atoms with van der Waals surface area (Å²) in [6.45, 7) is 9.12. The van der Waals surface area contributed by atoms with Crippen molar-refractivity contribution in [1.82, 2.24) is 9.80 Å². The van der Waals surface area contributed by atoms with Gasteiger partial charge in [-0.1, -0.05) is 6.42 Å². The zero-order chi connectivity index (χ0) is 22.0. The predicted molar refractivity (Wildman–Crippen MR) is 123 cm³/mol. The van der Waals surface area contributed by atoms with Gasteiger partial charge in [-0.3, -0.25) is 4.90 Å². The third kappa shape index (κ3) is 4.66. The fraction of sp³-hybridized carbons (Fsp3) is 0.640. The Bertz CT molecular complexity index is 968. The summed E-state index contributed by atoms with van der Waals surface area (Å²) in [5.41, 5.74) is 2.43. The molecule has 170 valence electrons. The molecule has 6 nitrogen and oxygen atoms in total. The summed E-state index contributed by atoms with van der Waals surface area (Å²) < 4.78 is 11.1. The molecular weight excluding hydrogens is 392 g/mol. The molecule has 1 N–H and O–H groups in total. The normalized spacial score (nSPS) is 22.2. The largest absolute Gasteiger partial charge is 0.507 e. The van der Waals surface area contributed by atoms with Crippen molar-refractivity contribution < 1.29 is 14.3 Å². The molecule has 2 aliphatic rings. The van der Waals surface area contributed by atoms with Crippen molar-refractivity contribution in [2.75, 3.05) is 39.9 Å². The molecule has 0 amide bonds. The van der Waals surface area contributed by atoms with E-state index in [9.17, 15) is 9.90 Å². The Labute approximate surface area is 184 Å². The van der Waals surface area contributed by atoms with E-state index in [0.717, 1.165) is 24.0 Å². The lowest BCUT2D eigenvalue weighted by Crippen LogP contribution is -2.51. The van der Waals surface area contributed by atoms with Gasteiger partial charge in [0.05, 0.1) is 12.2 Å². The van der Waals surface area contributed by atoms with E-state index in [4.69, 9.17) is 9.15 Å². The predicted octanol–water partition coefficient (Wildman–Crippen LogP) is 3.83. The summed E-state index contributed by atoms with van der Waals surface area (Å²) in [6.07, 6.45) is 6.43. The number of hydrogen-bond acceptors (Lipinski definition) is 6. The number of nitrogens with zero attached hydrogens (tertiary/aromatic N) is 2. The van der Waals surface area contributed by atoms with Crippen LogP contribution in [0.1, 0.15) is 48.8 Å². The fourth-order valence-electron chi connectivity index (χ4n) is 5.51. The Morgan fingerprint density at radius 3 is 2.77 bits per heavy atom. The number of fused-ring (bicyclic) bond motifs is 2. The van der Waals surface area contributed by atoms with Gasteiger partial charge in [0.1, 0.15) is 11.3 Å². The molecule has 6 heteroatoms. The molecule has 2 aliphatic heterocycles. The fourth-order valence-corrected chi connectivity index (χ4v) is 5.51. The summed E-state index contributed by atoms with van der Waals surface area (Å²) in [5.74, 6) is 0.809. The van der Waals surface area contributed by atoms with Crippen LogP contribution in [-0.4, -0.2) is 60.8 Å².